The molecule has 0 heterocycles. The zero-order chi connectivity index (χ0) is 8.97. The van der Waals surface area contributed by atoms with Crippen LogP contribution in [0.2, 0.25) is 0 Å². The molecule has 0 unspecified atom stereocenters. The van der Waals surface area contributed by atoms with E-state index in [-0.39, 0.29) is 1.43 Å². The zero-order valence-corrected chi connectivity index (χ0v) is 7.33. The summed E-state index contributed by atoms with van der Waals surface area (Å²) in [5, 5.41) is 0. The minimum Gasteiger partial charge on any atom is -0.497 e. The fraction of sp³-hybridized carbons (Fsp3) is 0.333. The molecule has 0 spiro atoms. The van der Waals surface area contributed by atoms with Crippen LogP contribution >= 0.6 is 0 Å². The Balaban J connectivity index is 0.00000144. The van der Waals surface area contributed by atoms with Crippen LogP contribution in [0.3, 0.4) is 0 Å². The number of benzene rings is 1. The van der Waals surface area contributed by atoms with Gasteiger partial charge in [0.1, 0.15) is 11.5 Å². The van der Waals surface area contributed by atoms with E-state index in [1.54, 1.807) is 14.2 Å². The molecule has 68 valence electrons. The van der Waals surface area contributed by atoms with Gasteiger partial charge in [-0.2, -0.15) is 0 Å². The van der Waals surface area contributed by atoms with Gasteiger partial charge in [-0.1, -0.05) is 6.07 Å². The van der Waals surface area contributed by atoms with Crippen LogP contribution < -0.4 is 15.2 Å². The summed E-state index contributed by atoms with van der Waals surface area (Å²) in [6.07, 6.45) is 0. The first kappa shape index (κ1) is 8.87. The maximum atomic E-state index is 5.50. The lowest BCUT2D eigenvalue weighted by atomic mass is 10.2. The lowest BCUT2D eigenvalue weighted by molar-refractivity contribution is 0.391. The van der Waals surface area contributed by atoms with Crippen molar-refractivity contribution in [1.29, 1.82) is 0 Å². The van der Waals surface area contributed by atoms with Crippen molar-refractivity contribution in [3.05, 3.63) is 23.8 Å². The van der Waals surface area contributed by atoms with E-state index in [9.17, 15) is 0 Å². The van der Waals surface area contributed by atoms with Crippen LogP contribution in [0.1, 0.15) is 6.99 Å². The number of methoxy groups -OCH3 is 2. The molecule has 12 heavy (non-hydrogen) atoms. The lowest BCUT2D eigenvalue weighted by Gasteiger charge is -2.07. The second kappa shape index (κ2) is 3.97. The maximum absolute atomic E-state index is 5.50. The maximum Gasteiger partial charge on any atom is 0.127 e. The second-order valence-corrected chi connectivity index (χ2v) is 2.38. The Morgan fingerprint density at radius 1 is 1.33 bits per heavy atom. The molecule has 0 aliphatic rings. The Morgan fingerprint density at radius 3 is 2.58 bits per heavy atom. The molecular weight excluding hydrogens is 154 g/mol. The first-order chi connectivity index (χ1) is 5.81. The second-order valence-electron chi connectivity index (χ2n) is 2.38. The van der Waals surface area contributed by atoms with E-state index in [2.05, 4.69) is 0 Å². The molecule has 1 aromatic carbocycles. The van der Waals surface area contributed by atoms with Crippen molar-refractivity contribution in [2.24, 2.45) is 5.73 Å². The van der Waals surface area contributed by atoms with Crippen LogP contribution in [-0.4, -0.2) is 14.2 Å². The molecule has 0 aromatic heterocycles. The lowest BCUT2D eigenvalue weighted by Crippen LogP contribution is -1.99. The van der Waals surface area contributed by atoms with Gasteiger partial charge in [0.15, 0.2) is 0 Å². The summed E-state index contributed by atoms with van der Waals surface area (Å²) in [5.41, 5.74) is 6.48. The van der Waals surface area contributed by atoms with Gasteiger partial charge in [0.25, 0.3) is 0 Å². The Labute approximate surface area is 73.6 Å². The highest BCUT2D eigenvalue weighted by molar-refractivity contribution is 5.40. The summed E-state index contributed by atoms with van der Waals surface area (Å²) in [5.74, 6) is 1.56. The van der Waals surface area contributed by atoms with Gasteiger partial charge in [-0.3, -0.25) is 0 Å². The molecule has 0 bridgehead atoms. The molecular formula is C9H15NO2. The van der Waals surface area contributed by atoms with Crippen LogP contribution in [0.4, 0.5) is 0 Å². The number of hydrogen-bond acceptors (Lipinski definition) is 3. The topological polar surface area (TPSA) is 44.5 Å². The monoisotopic (exact) mass is 169 g/mol. The van der Waals surface area contributed by atoms with Gasteiger partial charge in [0.2, 0.25) is 0 Å². The summed E-state index contributed by atoms with van der Waals surface area (Å²) >= 11 is 0. The third kappa shape index (κ3) is 1.68. The molecule has 3 heteroatoms. The Hall–Kier alpha value is -1.22. The van der Waals surface area contributed by atoms with Crippen molar-refractivity contribution < 1.29 is 10.9 Å². The van der Waals surface area contributed by atoms with Crippen LogP contribution in [0.5, 0.6) is 11.5 Å². The van der Waals surface area contributed by atoms with Crippen LogP contribution in [0, 0.1) is 0 Å². The Bertz CT molecular complexity index is 266. The summed E-state index contributed by atoms with van der Waals surface area (Å²) in [6.45, 7) is 0.479. The first-order valence-electron chi connectivity index (χ1n) is 3.72. The molecule has 0 saturated heterocycles. The van der Waals surface area contributed by atoms with Gasteiger partial charge in [-0.15, -0.1) is 0 Å². The summed E-state index contributed by atoms with van der Waals surface area (Å²) < 4.78 is 10.2. The summed E-state index contributed by atoms with van der Waals surface area (Å²) in [7, 11) is 3.24. The highest BCUT2D eigenvalue weighted by atomic mass is 16.5. The molecule has 0 atom stereocenters. The largest absolute Gasteiger partial charge is 0.497 e. The fourth-order valence-electron chi connectivity index (χ4n) is 1.02. The highest BCUT2D eigenvalue weighted by Crippen LogP contribution is 2.23. The van der Waals surface area contributed by atoms with Crippen molar-refractivity contribution in [3.63, 3.8) is 0 Å². The smallest absolute Gasteiger partial charge is 0.127 e. The molecule has 2 N–H and O–H groups in total. The molecule has 0 radical (unpaired) electrons. The van der Waals surface area contributed by atoms with Gasteiger partial charge in [0, 0.05) is 19.6 Å². The SMILES string of the molecule is COc1ccc(CN)c(OC)c1.[HH]. The third-order valence-electron chi connectivity index (χ3n) is 1.71. The van der Waals surface area contributed by atoms with E-state index in [1.165, 1.54) is 0 Å². The van der Waals surface area contributed by atoms with Gasteiger partial charge >= 0.3 is 0 Å². The van der Waals surface area contributed by atoms with Crippen LogP contribution in [0.15, 0.2) is 18.2 Å². The van der Waals surface area contributed by atoms with Gasteiger partial charge in [0.05, 0.1) is 14.2 Å². The first-order valence-corrected chi connectivity index (χ1v) is 3.72. The van der Waals surface area contributed by atoms with Crippen molar-refractivity contribution >= 4 is 0 Å². The van der Waals surface area contributed by atoms with Crippen LogP contribution in [0.25, 0.3) is 0 Å². The quantitative estimate of drug-likeness (QED) is 0.744. The number of nitrogens with two attached hydrogens (primary N) is 1. The summed E-state index contributed by atoms with van der Waals surface area (Å²) in [6, 6.07) is 5.59. The van der Waals surface area contributed by atoms with Gasteiger partial charge in [-0.25, -0.2) is 0 Å². The standard InChI is InChI=1S/C9H13NO2.H2/c1-11-8-4-3-7(6-10)9(5-8)12-2;/h3-5H,6,10H2,1-2H3;1H. The molecule has 0 aliphatic carbocycles. The van der Waals surface area contributed by atoms with Gasteiger partial charge in [-0.05, 0) is 6.07 Å². The molecule has 1 aromatic rings. The van der Waals surface area contributed by atoms with Crippen molar-refractivity contribution in [3.8, 4) is 11.5 Å². The van der Waals surface area contributed by atoms with Crippen molar-refractivity contribution in [2.45, 2.75) is 6.54 Å². The molecule has 1 rings (SSSR count). The Morgan fingerprint density at radius 2 is 2.08 bits per heavy atom. The van der Waals surface area contributed by atoms with Gasteiger partial charge < -0.3 is 15.2 Å². The summed E-state index contributed by atoms with van der Waals surface area (Å²) in [4.78, 5) is 0. The predicted octanol–water partition coefficient (Wildman–Crippen LogP) is 1.41. The predicted molar refractivity (Wildman–Crippen MR) is 49.6 cm³/mol. The van der Waals surface area contributed by atoms with E-state index < -0.39 is 0 Å². The fourth-order valence-corrected chi connectivity index (χ4v) is 1.02. The third-order valence-corrected chi connectivity index (χ3v) is 1.71. The van der Waals surface area contributed by atoms with Crippen LogP contribution in [-0.2, 0) is 6.54 Å². The Kier molecular flexibility index (Phi) is 2.94. The normalized spacial score (nSPS) is 9.58. The minimum atomic E-state index is 0. The number of ether oxygens (including phenoxy) is 2. The number of hydrogen-bond donors (Lipinski definition) is 1. The van der Waals surface area contributed by atoms with E-state index >= 15 is 0 Å². The molecule has 0 saturated carbocycles. The highest BCUT2D eigenvalue weighted by Gasteiger charge is 2.01. The average Bonchev–Trinajstić information content (AvgIpc) is 2.16. The molecule has 3 nitrogen and oxygen atoms in total. The van der Waals surface area contributed by atoms with E-state index in [0.29, 0.717) is 6.54 Å². The average molecular weight is 169 g/mol. The molecule has 0 amide bonds. The van der Waals surface area contributed by atoms with Crippen molar-refractivity contribution in [1.82, 2.24) is 0 Å². The number of rotatable bonds is 3. The van der Waals surface area contributed by atoms with Crippen molar-refractivity contribution in [2.75, 3.05) is 14.2 Å². The van der Waals surface area contributed by atoms with E-state index in [1.807, 2.05) is 18.2 Å². The molecule has 0 fully saturated rings. The zero-order valence-electron chi connectivity index (χ0n) is 7.33. The molecule has 0 aliphatic heterocycles. The van der Waals surface area contributed by atoms with E-state index in [0.717, 1.165) is 17.1 Å². The minimum absolute atomic E-state index is 0. The van der Waals surface area contributed by atoms with E-state index in [4.69, 9.17) is 15.2 Å².